The van der Waals surface area contributed by atoms with E-state index in [9.17, 15) is 9.18 Å². The van der Waals surface area contributed by atoms with Gasteiger partial charge in [0.15, 0.2) is 0 Å². The first-order valence-corrected chi connectivity index (χ1v) is 7.36. The van der Waals surface area contributed by atoms with E-state index in [2.05, 4.69) is 27.9 Å². The maximum atomic E-state index is 12.9. The van der Waals surface area contributed by atoms with Crippen LogP contribution in [0, 0.1) is 9.39 Å². The largest absolute Gasteiger partial charge is 0.493 e. The van der Waals surface area contributed by atoms with Gasteiger partial charge in [0.2, 0.25) is 5.91 Å². The Hall–Kier alpha value is -1.83. The number of anilines is 2. The molecule has 2 aromatic rings. The van der Waals surface area contributed by atoms with Crippen molar-refractivity contribution in [1.82, 2.24) is 0 Å². The average molecular weight is 400 g/mol. The maximum absolute atomic E-state index is 12.9. The van der Waals surface area contributed by atoms with Gasteiger partial charge >= 0.3 is 0 Å². The number of nitrogen functional groups attached to an aromatic ring is 1. The molecule has 0 atom stereocenters. The third-order valence-corrected chi connectivity index (χ3v) is 3.42. The van der Waals surface area contributed by atoms with Crippen LogP contribution in [0.1, 0.15) is 6.42 Å². The van der Waals surface area contributed by atoms with E-state index >= 15 is 0 Å². The van der Waals surface area contributed by atoms with Crippen LogP contribution in [0.15, 0.2) is 42.5 Å². The summed E-state index contributed by atoms with van der Waals surface area (Å²) in [7, 11) is 0. The van der Waals surface area contributed by atoms with Gasteiger partial charge in [-0.15, -0.1) is 0 Å². The molecule has 0 radical (unpaired) electrons. The first kappa shape index (κ1) is 15.6. The van der Waals surface area contributed by atoms with Crippen LogP contribution in [0.2, 0.25) is 0 Å². The highest BCUT2D eigenvalue weighted by atomic mass is 127. The molecule has 0 heterocycles. The molecule has 4 nitrogen and oxygen atoms in total. The lowest BCUT2D eigenvalue weighted by molar-refractivity contribution is -0.116. The van der Waals surface area contributed by atoms with Crippen LogP contribution < -0.4 is 15.8 Å². The van der Waals surface area contributed by atoms with E-state index in [1.807, 2.05) is 24.3 Å². The van der Waals surface area contributed by atoms with Crippen molar-refractivity contribution in [3.63, 3.8) is 0 Å². The molecule has 0 saturated heterocycles. The van der Waals surface area contributed by atoms with Crippen LogP contribution in [-0.4, -0.2) is 12.5 Å². The molecule has 0 fully saturated rings. The van der Waals surface area contributed by atoms with Crippen LogP contribution in [0.5, 0.6) is 5.75 Å². The van der Waals surface area contributed by atoms with Gasteiger partial charge in [-0.2, -0.15) is 0 Å². The number of nitrogens with one attached hydrogen (secondary N) is 1. The molecule has 0 aliphatic rings. The number of carbonyl (C=O) groups is 1. The van der Waals surface area contributed by atoms with Gasteiger partial charge in [-0.25, -0.2) is 4.39 Å². The molecule has 0 spiro atoms. The minimum Gasteiger partial charge on any atom is -0.493 e. The van der Waals surface area contributed by atoms with E-state index in [4.69, 9.17) is 10.5 Å². The topological polar surface area (TPSA) is 64.3 Å². The molecule has 2 rings (SSSR count). The Morgan fingerprint density at radius 2 is 1.95 bits per heavy atom. The zero-order valence-electron chi connectivity index (χ0n) is 11.1. The number of halogens is 2. The molecule has 0 aromatic heterocycles. The molecule has 0 aliphatic carbocycles. The van der Waals surface area contributed by atoms with Gasteiger partial charge in [0.05, 0.1) is 24.4 Å². The van der Waals surface area contributed by atoms with Crippen molar-refractivity contribution in [2.24, 2.45) is 0 Å². The second kappa shape index (κ2) is 7.26. The second-order valence-electron chi connectivity index (χ2n) is 4.33. The number of rotatable bonds is 5. The predicted molar refractivity (Wildman–Crippen MR) is 88.7 cm³/mol. The summed E-state index contributed by atoms with van der Waals surface area (Å²) in [6, 6.07) is 11.4. The zero-order chi connectivity index (χ0) is 15.2. The van der Waals surface area contributed by atoms with Crippen molar-refractivity contribution < 1.29 is 13.9 Å². The Bertz CT molecular complexity index is 632. The third-order valence-electron chi connectivity index (χ3n) is 2.70. The Morgan fingerprint density at radius 3 is 2.62 bits per heavy atom. The summed E-state index contributed by atoms with van der Waals surface area (Å²) in [4.78, 5) is 11.8. The Labute approximate surface area is 135 Å². The number of nitrogens with two attached hydrogens (primary N) is 1. The smallest absolute Gasteiger partial charge is 0.227 e. The fourth-order valence-electron chi connectivity index (χ4n) is 1.65. The summed E-state index contributed by atoms with van der Waals surface area (Å²) in [5.41, 5.74) is 6.21. The van der Waals surface area contributed by atoms with E-state index < -0.39 is 5.82 Å². The Kier molecular flexibility index (Phi) is 5.38. The SMILES string of the molecule is Nc1cc(F)ccc1NC(=O)CCOc1ccc(I)cc1. The molecule has 3 N–H and O–H groups in total. The number of benzene rings is 2. The van der Waals surface area contributed by atoms with Gasteiger partial charge < -0.3 is 15.8 Å². The van der Waals surface area contributed by atoms with Crippen LogP contribution in [-0.2, 0) is 4.79 Å². The minimum absolute atomic E-state index is 0.183. The molecule has 0 aliphatic heterocycles. The van der Waals surface area contributed by atoms with E-state index in [1.165, 1.54) is 12.1 Å². The lowest BCUT2D eigenvalue weighted by Gasteiger charge is -2.09. The van der Waals surface area contributed by atoms with Crippen molar-refractivity contribution >= 4 is 39.9 Å². The van der Waals surface area contributed by atoms with Crippen molar-refractivity contribution in [2.75, 3.05) is 17.7 Å². The first-order valence-electron chi connectivity index (χ1n) is 6.28. The van der Waals surface area contributed by atoms with E-state index in [0.29, 0.717) is 11.4 Å². The van der Waals surface area contributed by atoms with E-state index in [1.54, 1.807) is 0 Å². The summed E-state index contributed by atoms with van der Waals surface area (Å²) in [6.07, 6.45) is 0.183. The highest BCUT2D eigenvalue weighted by Gasteiger charge is 2.06. The van der Waals surface area contributed by atoms with Crippen molar-refractivity contribution in [3.8, 4) is 5.75 Å². The molecule has 21 heavy (non-hydrogen) atoms. The molecule has 0 saturated carbocycles. The predicted octanol–water partition coefficient (Wildman–Crippen LogP) is 3.42. The highest BCUT2D eigenvalue weighted by molar-refractivity contribution is 14.1. The maximum Gasteiger partial charge on any atom is 0.227 e. The summed E-state index contributed by atoms with van der Waals surface area (Å²) in [5, 5.41) is 2.62. The fraction of sp³-hybridized carbons (Fsp3) is 0.133. The lowest BCUT2D eigenvalue weighted by Crippen LogP contribution is -2.16. The van der Waals surface area contributed by atoms with Gasteiger partial charge in [0.1, 0.15) is 11.6 Å². The highest BCUT2D eigenvalue weighted by Crippen LogP contribution is 2.19. The molecule has 1 amide bonds. The summed E-state index contributed by atoms with van der Waals surface area (Å²) in [6.45, 7) is 0.257. The van der Waals surface area contributed by atoms with Crippen LogP contribution >= 0.6 is 22.6 Å². The minimum atomic E-state index is -0.437. The number of amides is 1. The van der Waals surface area contributed by atoms with Gasteiger partial charge in [-0.3, -0.25) is 4.79 Å². The Balaban J connectivity index is 1.81. The monoisotopic (exact) mass is 400 g/mol. The summed E-state index contributed by atoms with van der Waals surface area (Å²) in [5.74, 6) is 0.0378. The Morgan fingerprint density at radius 1 is 1.24 bits per heavy atom. The van der Waals surface area contributed by atoms with Gasteiger partial charge in [-0.1, -0.05) is 0 Å². The summed E-state index contributed by atoms with van der Waals surface area (Å²) < 4.78 is 19.5. The molecular weight excluding hydrogens is 386 g/mol. The normalized spacial score (nSPS) is 10.2. The number of ether oxygens (including phenoxy) is 1. The van der Waals surface area contributed by atoms with Crippen LogP contribution in [0.4, 0.5) is 15.8 Å². The number of hydrogen-bond donors (Lipinski definition) is 2. The first-order chi connectivity index (χ1) is 10.0. The average Bonchev–Trinajstić information content (AvgIpc) is 2.44. The van der Waals surface area contributed by atoms with Crippen molar-refractivity contribution in [1.29, 1.82) is 0 Å². The quantitative estimate of drug-likeness (QED) is 0.597. The van der Waals surface area contributed by atoms with Gasteiger partial charge in [0, 0.05) is 3.57 Å². The molecule has 6 heteroatoms. The molecular formula is C15H14FIN2O2. The van der Waals surface area contributed by atoms with Crippen molar-refractivity contribution in [2.45, 2.75) is 6.42 Å². The lowest BCUT2D eigenvalue weighted by atomic mass is 10.2. The number of carbonyl (C=O) groups excluding carboxylic acids is 1. The van der Waals surface area contributed by atoms with Gasteiger partial charge in [-0.05, 0) is 65.1 Å². The van der Waals surface area contributed by atoms with Crippen molar-refractivity contribution in [3.05, 3.63) is 51.9 Å². The second-order valence-corrected chi connectivity index (χ2v) is 5.58. The standard InChI is InChI=1S/C15H14FIN2O2/c16-10-1-6-14(13(18)9-10)19-15(20)7-8-21-12-4-2-11(17)3-5-12/h1-6,9H,7-8,18H2,(H,19,20). The van der Waals surface area contributed by atoms with E-state index in [0.717, 1.165) is 9.64 Å². The van der Waals surface area contributed by atoms with E-state index in [-0.39, 0.29) is 24.6 Å². The van der Waals surface area contributed by atoms with Crippen LogP contribution in [0.3, 0.4) is 0 Å². The third kappa shape index (κ3) is 4.89. The molecule has 0 unspecified atom stereocenters. The van der Waals surface area contributed by atoms with Gasteiger partial charge in [0.25, 0.3) is 0 Å². The molecule has 110 valence electrons. The fourth-order valence-corrected chi connectivity index (χ4v) is 2.01. The summed E-state index contributed by atoms with van der Waals surface area (Å²) >= 11 is 2.20. The molecule has 2 aromatic carbocycles. The zero-order valence-corrected chi connectivity index (χ0v) is 13.3. The number of hydrogen-bond acceptors (Lipinski definition) is 3. The molecule has 0 bridgehead atoms. The van der Waals surface area contributed by atoms with Crippen LogP contribution in [0.25, 0.3) is 0 Å².